The van der Waals surface area contributed by atoms with E-state index in [-0.39, 0.29) is 8.07 Å². The fourth-order valence-corrected chi connectivity index (χ4v) is 4.91. The third-order valence-corrected chi connectivity index (χ3v) is 5.94. The van der Waals surface area contributed by atoms with Crippen LogP contribution >= 0.6 is 8.07 Å². The zero-order chi connectivity index (χ0) is 11.4. The van der Waals surface area contributed by atoms with Crippen molar-refractivity contribution in [2.75, 3.05) is 13.1 Å². The second-order valence-electron chi connectivity index (χ2n) is 4.03. The Hall–Kier alpha value is -0.650. The van der Waals surface area contributed by atoms with Gasteiger partial charge in [-0.3, -0.25) is 4.67 Å². The Balaban J connectivity index is 2.18. The first-order valence-electron chi connectivity index (χ1n) is 6.13. The molecule has 2 rings (SSSR count). The molecule has 0 aromatic rings. The SMILES string of the molecule is CCN(CC)P(C1=CC=CC1)C1=CC=CC1. The van der Waals surface area contributed by atoms with Crippen LogP contribution in [0.3, 0.4) is 0 Å². The Kier molecular flexibility index (Phi) is 4.15. The van der Waals surface area contributed by atoms with Gasteiger partial charge in [-0.25, -0.2) is 0 Å². The molecule has 0 aromatic heterocycles. The van der Waals surface area contributed by atoms with Crippen LogP contribution in [0.2, 0.25) is 0 Å². The zero-order valence-corrected chi connectivity index (χ0v) is 11.1. The third kappa shape index (κ3) is 2.36. The Bertz CT molecular complexity index is 329. The molecular formula is C14H20NP. The van der Waals surface area contributed by atoms with Crippen molar-refractivity contribution in [1.82, 2.24) is 4.67 Å². The minimum Gasteiger partial charge on any atom is -0.276 e. The third-order valence-electron chi connectivity index (χ3n) is 3.06. The lowest BCUT2D eigenvalue weighted by molar-refractivity contribution is 0.510. The van der Waals surface area contributed by atoms with Gasteiger partial charge in [0.05, 0.1) is 0 Å². The van der Waals surface area contributed by atoms with E-state index in [1.165, 1.54) is 0 Å². The predicted molar refractivity (Wildman–Crippen MR) is 73.5 cm³/mol. The van der Waals surface area contributed by atoms with Gasteiger partial charge in [-0.1, -0.05) is 50.3 Å². The smallest absolute Gasteiger partial charge is 0.0203 e. The van der Waals surface area contributed by atoms with E-state index < -0.39 is 0 Å². The lowest BCUT2D eigenvalue weighted by Gasteiger charge is -2.32. The highest BCUT2D eigenvalue weighted by molar-refractivity contribution is 7.64. The van der Waals surface area contributed by atoms with Crippen LogP contribution in [0, 0.1) is 0 Å². The van der Waals surface area contributed by atoms with Crippen molar-refractivity contribution in [3.63, 3.8) is 0 Å². The lowest BCUT2D eigenvalue weighted by atomic mass is 10.5. The van der Waals surface area contributed by atoms with Crippen LogP contribution in [0.1, 0.15) is 26.7 Å². The summed E-state index contributed by atoms with van der Waals surface area (Å²) in [5.41, 5.74) is 0. The fraction of sp³-hybridized carbons (Fsp3) is 0.429. The maximum atomic E-state index is 2.62. The molecule has 0 spiro atoms. The van der Waals surface area contributed by atoms with Crippen LogP contribution in [-0.4, -0.2) is 17.8 Å². The van der Waals surface area contributed by atoms with Crippen molar-refractivity contribution >= 4 is 8.07 Å². The molecule has 0 aliphatic heterocycles. The van der Waals surface area contributed by atoms with E-state index in [0.29, 0.717) is 0 Å². The van der Waals surface area contributed by atoms with Gasteiger partial charge >= 0.3 is 0 Å². The summed E-state index contributed by atoms with van der Waals surface area (Å²) in [5.74, 6) is 0. The summed E-state index contributed by atoms with van der Waals surface area (Å²) >= 11 is 0. The largest absolute Gasteiger partial charge is 0.276 e. The molecule has 0 aromatic carbocycles. The average Bonchev–Trinajstić information content (AvgIpc) is 2.98. The molecule has 16 heavy (non-hydrogen) atoms. The van der Waals surface area contributed by atoms with Gasteiger partial charge in [-0.15, -0.1) is 0 Å². The van der Waals surface area contributed by atoms with Gasteiger partial charge in [0, 0.05) is 8.07 Å². The molecule has 0 fully saturated rings. The van der Waals surface area contributed by atoms with Gasteiger partial charge in [0.1, 0.15) is 0 Å². The van der Waals surface area contributed by atoms with Gasteiger partial charge in [0.25, 0.3) is 0 Å². The lowest BCUT2D eigenvalue weighted by Crippen LogP contribution is -2.18. The zero-order valence-electron chi connectivity index (χ0n) is 10.2. The summed E-state index contributed by atoms with van der Waals surface area (Å²) in [4.78, 5) is 0. The first-order chi connectivity index (χ1) is 7.86. The molecule has 1 nitrogen and oxygen atoms in total. The molecule has 2 aliphatic rings. The van der Waals surface area contributed by atoms with Gasteiger partial charge in [0.2, 0.25) is 0 Å². The number of hydrogen-bond acceptors (Lipinski definition) is 1. The summed E-state index contributed by atoms with van der Waals surface area (Å²) in [5, 5.41) is 3.24. The van der Waals surface area contributed by atoms with Gasteiger partial charge in [0.15, 0.2) is 0 Å². The molecule has 0 bridgehead atoms. The van der Waals surface area contributed by atoms with Crippen molar-refractivity contribution < 1.29 is 0 Å². The number of rotatable bonds is 5. The Morgan fingerprint density at radius 3 is 1.81 bits per heavy atom. The van der Waals surface area contributed by atoms with E-state index in [1.54, 1.807) is 10.6 Å². The molecule has 0 N–H and O–H groups in total. The summed E-state index contributed by atoms with van der Waals surface area (Å²) < 4.78 is 2.62. The van der Waals surface area contributed by atoms with Gasteiger partial charge in [-0.2, -0.15) is 0 Å². The minimum atomic E-state index is -0.196. The molecule has 0 saturated heterocycles. The first-order valence-corrected chi connectivity index (χ1v) is 7.42. The van der Waals surface area contributed by atoms with Gasteiger partial charge in [-0.05, 0) is 36.6 Å². The highest BCUT2D eigenvalue weighted by Gasteiger charge is 2.24. The van der Waals surface area contributed by atoms with Crippen molar-refractivity contribution in [2.24, 2.45) is 0 Å². The van der Waals surface area contributed by atoms with Crippen LogP contribution in [0.15, 0.2) is 47.1 Å². The molecule has 2 aliphatic carbocycles. The standard InChI is InChI=1S/C14H20NP/c1-3-15(4-2)16(13-9-5-6-10-13)14-11-7-8-12-14/h5-9,11H,3-4,10,12H2,1-2H3. The van der Waals surface area contributed by atoms with Crippen molar-refractivity contribution in [1.29, 1.82) is 0 Å². The van der Waals surface area contributed by atoms with Crippen molar-refractivity contribution in [3.8, 4) is 0 Å². The summed E-state index contributed by atoms with van der Waals surface area (Å²) in [7, 11) is -0.196. The Labute approximate surface area is 100 Å². The van der Waals surface area contributed by atoms with E-state index in [0.717, 1.165) is 25.9 Å². The highest BCUT2D eigenvalue weighted by Crippen LogP contribution is 2.59. The maximum absolute atomic E-state index is 2.62. The van der Waals surface area contributed by atoms with Crippen LogP contribution in [0.25, 0.3) is 0 Å². The van der Waals surface area contributed by atoms with Crippen molar-refractivity contribution in [3.05, 3.63) is 47.1 Å². The Morgan fingerprint density at radius 2 is 1.50 bits per heavy atom. The topological polar surface area (TPSA) is 3.24 Å². The molecule has 0 radical (unpaired) electrons. The molecule has 0 unspecified atom stereocenters. The second-order valence-corrected chi connectivity index (χ2v) is 6.37. The quantitative estimate of drug-likeness (QED) is 0.636. The van der Waals surface area contributed by atoms with E-state index >= 15 is 0 Å². The summed E-state index contributed by atoms with van der Waals surface area (Å²) in [6.07, 6.45) is 15.9. The number of nitrogens with zero attached hydrogens (tertiary/aromatic N) is 1. The monoisotopic (exact) mass is 233 g/mol. The first kappa shape index (κ1) is 11.8. The van der Waals surface area contributed by atoms with Crippen LogP contribution in [-0.2, 0) is 0 Å². The highest BCUT2D eigenvalue weighted by atomic mass is 31.1. The fourth-order valence-electron chi connectivity index (χ4n) is 2.24. The van der Waals surface area contributed by atoms with E-state index in [9.17, 15) is 0 Å². The van der Waals surface area contributed by atoms with Crippen LogP contribution in [0.5, 0.6) is 0 Å². The van der Waals surface area contributed by atoms with E-state index in [1.807, 2.05) is 0 Å². The molecule has 0 heterocycles. The molecular weight excluding hydrogens is 213 g/mol. The summed E-state index contributed by atoms with van der Waals surface area (Å²) in [6.45, 7) is 6.84. The van der Waals surface area contributed by atoms with Crippen LogP contribution in [0.4, 0.5) is 0 Å². The second kappa shape index (κ2) is 5.61. The Morgan fingerprint density at radius 1 is 1.00 bits per heavy atom. The maximum Gasteiger partial charge on any atom is 0.0203 e. The molecule has 0 amide bonds. The predicted octanol–water partition coefficient (Wildman–Crippen LogP) is 4.41. The molecule has 86 valence electrons. The number of hydrogen-bond donors (Lipinski definition) is 0. The normalized spacial score (nSPS) is 18.8. The van der Waals surface area contributed by atoms with Crippen LogP contribution < -0.4 is 0 Å². The van der Waals surface area contributed by atoms with E-state index in [4.69, 9.17) is 0 Å². The molecule has 0 atom stereocenters. The summed E-state index contributed by atoms with van der Waals surface area (Å²) in [6, 6.07) is 0. The minimum absolute atomic E-state index is 0.196. The van der Waals surface area contributed by atoms with E-state index in [2.05, 4.69) is 55.0 Å². The number of allylic oxidation sites excluding steroid dienone is 8. The molecule has 2 heteroatoms. The van der Waals surface area contributed by atoms with Crippen molar-refractivity contribution in [2.45, 2.75) is 26.7 Å². The molecule has 0 saturated carbocycles. The van der Waals surface area contributed by atoms with Gasteiger partial charge < -0.3 is 0 Å². The average molecular weight is 233 g/mol.